The van der Waals surface area contributed by atoms with E-state index in [1.807, 2.05) is 23.1 Å². The Morgan fingerprint density at radius 3 is 1.85 bits per heavy atom. The second kappa shape index (κ2) is 12.5. The summed E-state index contributed by atoms with van der Waals surface area (Å²) in [5.74, 6) is 0.365. The largest absolute Gasteiger partial charge is 0.304 e. The van der Waals surface area contributed by atoms with Crippen LogP contribution >= 0.6 is 23.1 Å². The summed E-state index contributed by atoms with van der Waals surface area (Å²) < 4.78 is 2.57. The minimum Gasteiger partial charge on any atom is -0.304 e. The number of nitrogens with zero attached hydrogens (tertiary/aromatic N) is 7. The van der Waals surface area contributed by atoms with Gasteiger partial charge in [0.2, 0.25) is 0 Å². The van der Waals surface area contributed by atoms with E-state index in [0.29, 0.717) is 11.2 Å². The number of rotatable bonds is 5. The van der Waals surface area contributed by atoms with E-state index in [4.69, 9.17) is 30.0 Å². The van der Waals surface area contributed by atoms with E-state index < -0.39 is 17.0 Å². The molecule has 5 aliphatic rings. The average Bonchev–Trinajstić information content (AvgIpc) is 4.02. The molecule has 0 N–H and O–H groups in total. The first-order valence-corrected chi connectivity index (χ1v) is 22.3. The highest BCUT2D eigenvalue weighted by atomic mass is 32.2. The summed E-state index contributed by atoms with van der Waals surface area (Å²) in [4.78, 5) is 35.4. The summed E-state index contributed by atoms with van der Waals surface area (Å²) in [5.41, 5.74) is 6.59. The Morgan fingerprint density at radius 1 is 0.500 bits per heavy atom. The standard InChI is InChI=1S/C51H41N7S2/c1-49(2)52-36-14-11-15-37(46(36)55-49)58(38-22-20-30(44-47(38)56-50(3,4)53-44)28-18-24-42-34(26-28)32-12-7-9-16-40(32)59-42)39-23-21-31(45-48(39)57-51(5,6)54-45)29-19-25-43-35(27-29)33-13-8-10-17-41(33)60-43/h7-27,32,40H,1-6H3. The fourth-order valence-corrected chi connectivity index (χ4v) is 12.0. The van der Waals surface area contributed by atoms with Crippen molar-refractivity contribution in [2.75, 3.05) is 4.90 Å². The van der Waals surface area contributed by atoms with E-state index in [1.54, 1.807) is 0 Å². The van der Waals surface area contributed by atoms with Gasteiger partial charge in [0.25, 0.3) is 0 Å². The van der Waals surface area contributed by atoms with E-state index in [-0.39, 0.29) is 0 Å². The number of benzene rings is 6. The fraction of sp³-hybridized carbons (Fsp3) is 0.216. The maximum atomic E-state index is 5.40. The Balaban J connectivity index is 1.10. The molecular formula is C51H41N7S2. The lowest BCUT2D eigenvalue weighted by Gasteiger charge is -2.26. The first-order valence-electron chi connectivity index (χ1n) is 20.6. The molecule has 0 radical (unpaired) electrons. The first kappa shape index (κ1) is 35.9. The van der Waals surface area contributed by atoms with E-state index in [2.05, 4.69) is 174 Å². The normalized spacial score (nSPS) is 20.2. The van der Waals surface area contributed by atoms with Crippen molar-refractivity contribution in [3.05, 3.63) is 165 Å². The van der Waals surface area contributed by atoms with Crippen molar-refractivity contribution in [1.82, 2.24) is 0 Å². The number of thioether (sulfide) groups is 1. The SMILES string of the molecule is CC1(C)N=c2cccc(N(c3ccc(-c4ccc5c(c4)C4C=CC=CC4S5)c4c3=NC(C)(C)N=4)c3ccc(-c4ccc5sc6ccccc6c5c4)c4c3=NC(C)(C)N=4)c2=N1. The predicted octanol–water partition coefficient (Wildman–Crippen LogP) is 9.51. The molecule has 2 atom stereocenters. The molecule has 60 heavy (non-hydrogen) atoms. The smallest absolute Gasteiger partial charge is 0.146 e. The lowest BCUT2D eigenvalue weighted by atomic mass is 9.90. The van der Waals surface area contributed by atoms with Gasteiger partial charge >= 0.3 is 0 Å². The van der Waals surface area contributed by atoms with Gasteiger partial charge in [0.1, 0.15) is 33.1 Å². The second-order valence-electron chi connectivity index (χ2n) is 17.7. The predicted molar refractivity (Wildman–Crippen MR) is 245 cm³/mol. The van der Waals surface area contributed by atoms with Crippen LogP contribution in [-0.4, -0.2) is 22.2 Å². The van der Waals surface area contributed by atoms with Crippen molar-refractivity contribution in [1.29, 1.82) is 0 Å². The third kappa shape index (κ3) is 5.55. The van der Waals surface area contributed by atoms with Crippen LogP contribution in [-0.2, 0) is 0 Å². The lowest BCUT2D eigenvalue weighted by molar-refractivity contribution is 0.549. The fourth-order valence-electron chi connectivity index (χ4n) is 9.55. The zero-order valence-corrected chi connectivity index (χ0v) is 35.9. The van der Waals surface area contributed by atoms with Gasteiger partial charge in [0, 0.05) is 47.4 Å². The molecule has 5 heterocycles. The molecule has 9 heteroatoms. The minimum absolute atomic E-state index is 0.365. The average molecular weight is 816 g/mol. The molecule has 4 aliphatic heterocycles. The Hall–Kier alpha value is -6.03. The van der Waals surface area contributed by atoms with E-state index in [0.717, 1.165) is 71.5 Å². The molecule has 7 nitrogen and oxygen atoms in total. The Kier molecular flexibility index (Phi) is 7.48. The van der Waals surface area contributed by atoms with Gasteiger partial charge in [-0.15, -0.1) is 23.1 Å². The summed E-state index contributed by atoms with van der Waals surface area (Å²) in [6.45, 7) is 12.4. The van der Waals surface area contributed by atoms with Gasteiger partial charge in [-0.25, -0.2) is 0 Å². The van der Waals surface area contributed by atoms with Crippen molar-refractivity contribution in [2.45, 2.75) is 74.6 Å². The third-order valence-corrected chi connectivity index (χ3v) is 14.5. The molecule has 0 saturated heterocycles. The molecule has 2 unspecified atom stereocenters. The molecule has 0 fully saturated rings. The molecule has 0 saturated carbocycles. The van der Waals surface area contributed by atoms with Crippen LogP contribution in [0.25, 0.3) is 42.4 Å². The molecule has 12 rings (SSSR count). The minimum atomic E-state index is -0.667. The number of para-hydroxylation sites is 1. The van der Waals surface area contributed by atoms with Gasteiger partial charge in [0.15, 0.2) is 0 Å². The Morgan fingerprint density at radius 2 is 1.10 bits per heavy atom. The third-order valence-electron chi connectivity index (χ3n) is 12.0. The van der Waals surface area contributed by atoms with Gasteiger partial charge in [-0.3, -0.25) is 30.0 Å². The number of anilines is 3. The Bertz CT molecular complexity index is 3540. The molecule has 1 aliphatic carbocycles. The summed E-state index contributed by atoms with van der Waals surface area (Å²) in [6.07, 6.45) is 9.00. The van der Waals surface area contributed by atoms with Crippen molar-refractivity contribution >= 4 is 60.3 Å². The van der Waals surface area contributed by atoms with Crippen LogP contribution in [0, 0.1) is 0 Å². The summed E-state index contributed by atoms with van der Waals surface area (Å²) >= 11 is 3.78. The molecule has 292 valence electrons. The topological polar surface area (TPSA) is 77.4 Å². The van der Waals surface area contributed by atoms with E-state index in [9.17, 15) is 0 Å². The highest BCUT2D eigenvalue weighted by molar-refractivity contribution is 8.00. The molecule has 6 aromatic carbocycles. The quantitative estimate of drug-likeness (QED) is 0.174. The maximum Gasteiger partial charge on any atom is 0.146 e. The van der Waals surface area contributed by atoms with Gasteiger partial charge < -0.3 is 4.90 Å². The van der Waals surface area contributed by atoms with Crippen LogP contribution < -0.4 is 37.0 Å². The van der Waals surface area contributed by atoms with Gasteiger partial charge in [-0.1, -0.05) is 60.7 Å². The zero-order valence-electron chi connectivity index (χ0n) is 34.2. The summed E-state index contributed by atoms with van der Waals surface area (Å²) in [6, 6.07) is 37.5. The van der Waals surface area contributed by atoms with Crippen molar-refractivity contribution in [2.24, 2.45) is 30.0 Å². The molecule has 7 aromatic rings. The molecule has 0 bridgehead atoms. The number of hydrogen-bond acceptors (Lipinski definition) is 9. The number of hydrogen-bond donors (Lipinski definition) is 0. The van der Waals surface area contributed by atoms with Gasteiger partial charge in [0.05, 0.1) is 33.1 Å². The molecular weight excluding hydrogens is 775 g/mol. The Labute approximate surface area is 355 Å². The summed E-state index contributed by atoms with van der Waals surface area (Å²) in [5, 5.41) is 8.14. The number of thiophene rings is 1. The van der Waals surface area contributed by atoms with Crippen molar-refractivity contribution in [3.8, 4) is 22.3 Å². The zero-order chi connectivity index (χ0) is 40.7. The van der Waals surface area contributed by atoms with E-state index >= 15 is 0 Å². The molecule has 0 amide bonds. The first-order chi connectivity index (χ1) is 28.9. The van der Waals surface area contributed by atoms with E-state index in [1.165, 1.54) is 30.6 Å². The lowest BCUT2D eigenvalue weighted by Crippen LogP contribution is -2.38. The van der Waals surface area contributed by atoms with Gasteiger partial charge in [-0.05, 0) is 125 Å². The van der Waals surface area contributed by atoms with Gasteiger partial charge in [-0.2, -0.15) is 0 Å². The molecule has 0 spiro atoms. The number of allylic oxidation sites excluding steroid dienone is 3. The van der Waals surface area contributed by atoms with Crippen LogP contribution in [0.3, 0.4) is 0 Å². The highest BCUT2D eigenvalue weighted by Crippen LogP contribution is 2.49. The molecule has 1 aromatic heterocycles. The van der Waals surface area contributed by atoms with Crippen LogP contribution in [0.4, 0.5) is 17.1 Å². The van der Waals surface area contributed by atoms with Crippen LogP contribution in [0.5, 0.6) is 0 Å². The summed E-state index contributed by atoms with van der Waals surface area (Å²) in [7, 11) is 0. The van der Waals surface area contributed by atoms with Crippen LogP contribution in [0.1, 0.15) is 53.0 Å². The van der Waals surface area contributed by atoms with Crippen LogP contribution in [0.2, 0.25) is 0 Å². The highest BCUT2D eigenvalue weighted by Gasteiger charge is 2.33. The van der Waals surface area contributed by atoms with Crippen molar-refractivity contribution < 1.29 is 0 Å². The van der Waals surface area contributed by atoms with Crippen LogP contribution in [0.15, 0.2) is 162 Å². The second-order valence-corrected chi connectivity index (χ2v) is 20.0. The van der Waals surface area contributed by atoms with Crippen molar-refractivity contribution in [3.63, 3.8) is 0 Å². The number of fused-ring (bicyclic) bond motifs is 9. The maximum absolute atomic E-state index is 5.40. The monoisotopic (exact) mass is 815 g/mol.